The lowest BCUT2D eigenvalue weighted by Gasteiger charge is -2.37. The SMILES string of the molecule is CCC1(CC)O[C@@H]2[C@@H](C)C[C@@H](CO[Si](C)(C)C(C)(C)C)OC(OC(=N)C(Cl)(Cl)Cl)[C@@H]2O1. The lowest BCUT2D eigenvalue weighted by molar-refractivity contribution is -0.228. The molecule has 0 spiro atoms. The first-order chi connectivity index (χ1) is 14.0. The highest BCUT2D eigenvalue weighted by Gasteiger charge is 2.55. The van der Waals surface area contributed by atoms with E-state index in [0.717, 1.165) is 0 Å². The molecule has 2 aliphatic heterocycles. The van der Waals surface area contributed by atoms with E-state index in [1.54, 1.807) is 0 Å². The molecule has 2 aliphatic rings. The molecule has 0 saturated carbocycles. The molecule has 10 heteroatoms. The maximum atomic E-state index is 8.07. The molecule has 1 unspecified atom stereocenters. The first-order valence-corrected chi connectivity index (χ1v) is 15.1. The summed E-state index contributed by atoms with van der Waals surface area (Å²) in [6.07, 6.45) is 0.0972. The minimum Gasteiger partial charge on any atom is -0.445 e. The second-order valence-electron chi connectivity index (χ2n) is 10.1. The molecule has 0 aromatic carbocycles. The van der Waals surface area contributed by atoms with E-state index < -0.39 is 36.2 Å². The third-order valence-electron chi connectivity index (χ3n) is 6.82. The van der Waals surface area contributed by atoms with Crippen molar-refractivity contribution >= 4 is 49.0 Å². The summed E-state index contributed by atoms with van der Waals surface area (Å²) in [5, 5.41) is 8.15. The van der Waals surface area contributed by atoms with Gasteiger partial charge in [0.2, 0.25) is 12.2 Å². The van der Waals surface area contributed by atoms with Gasteiger partial charge in [0.05, 0.1) is 18.8 Å². The molecule has 1 N–H and O–H groups in total. The summed E-state index contributed by atoms with van der Waals surface area (Å²) < 4.78 is 29.2. The van der Waals surface area contributed by atoms with Crippen molar-refractivity contribution in [3.8, 4) is 0 Å². The van der Waals surface area contributed by atoms with E-state index in [1.807, 2.05) is 13.8 Å². The molecule has 0 amide bonds. The van der Waals surface area contributed by atoms with Crippen LogP contribution in [0.15, 0.2) is 0 Å². The van der Waals surface area contributed by atoms with Gasteiger partial charge in [-0.3, -0.25) is 5.41 Å². The highest BCUT2D eigenvalue weighted by molar-refractivity contribution is 6.76. The average molecular weight is 519 g/mol. The van der Waals surface area contributed by atoms with Gasteiger partial charge in [-0.05, 0) is 43.3 Å². The first kappa shape index (κ1) is 27.6. The second kappa shape index (κ2) is 9.94. The minimum atomic E-state index is -1.99. The Hall–Kier alpha value is 0.397. The quantitative estimate of drug-likeness (QED) is 0.190. The van der Waals surface area contributed by atoms with Gasteiger partial charge in [-0.15, -0.1) is 0 Å². The van der Waals surface area contributed by atoms with Gasteiger partial charge in [0.15, 0.2) is 14.1 Å². The van der Waals surface area contributed by atoms with Crippen LogP contribution in [-0.2, 0) is 23.4 Å². The maximum absolute atomic E-state index is 8.07. The molecular formula is C21H38Cl3NO5Si. The van der Waals surface area contributed by atoms with Crippen LogP contribution in [-0.4, -0.2) is 55.0 Å². The fourth-order valence-electron chi connectivity index (χ4n) is 3.67. The van der Waals surface area contributed by atoms with Crippen molar-refractivity contribution < 1.29 is 23.4 Å². The van der Waals surface area contributed by atoms with E-state index in [1.165, 1.54) is 0 Å². The number of hydrogen-bond acceptors (Lipinski definition) is 6. The van der Waals surface area contributed by atoms with E-state index >= 15 is 0 Å². The Bertz CT molecular complexity index is 633. The molecule has 5 atom stereocenters. The van der Waals surface area contributed by atoms with Crippen molar-refractivity contribution in [1.29, 1.82) is 5.41 Å². The highest BCUT2D eigenvalue weighted by atomic mass is 35.6. The summed E-state index contributed by atoms with van der Waals surface area (Å²) >= 11 is 17.6. The minimum absolute atomic E-state index is 0.0848. The maximum Gasteiger partial charge on any atom is 0.265 e. The largest absolute Gasteiger partial charge is 0.445 e. The number of ether oxygens (including phenoxy) is 4. The van der Waals surface area contributed by atoms with E-state index in [9.17, 15) is 0 Å². The van der Waals surface area contributed by atoms with Gasteiger partial charge in [-0.25, -0.2) is 0 Å². The monoisotopic (exact) mass is 517 g/mol. The molecule has 0 aromatic heterocycles. The van der Waals surface area contributed by atoms with Crippen LogP contribution in [0.25, 0.3) is 0 Å². The molecule has 31 heavy (non-hydrogen) atoms. The topological polar surface area (TPSA) is 70.0 Å². The van der Waals surface area contributed by atoms with Crippen LogP contribution in [0.3, 0.4) is 0 Å². The molecule has 2 rings (SSSR count). The molecule has 0 aliphatic carbocycles. The van der Waals surface area contributed by atoms with Crippen LogP contribution in [0.4, 0.5) is 0 Å². The number of rotatable bonds is 6. The summed E-state index contributed by atoms with van der Waals surface area (Å²) in [6, 6.07) is 0. The lowest BCUT2D eigenvalue weighted by atomic mass is 9.95. The van der Waals surface area contributed by atoms with Gasteiger partial charge in [0.25, 0.3) is 3.79 Å². The first-order valence-electron chi connectivity index (χ1n) is 11.0. The molecule has 0 radical (unpaired) electrons. The highest BCUT2D eigenvalue weighted by Crippen LogP contribution is 2.44. The zero-order valence-electron chi connectivity index (χ0n) is 19.9. The normalized spacial score (nSPS) is 31.8. The molecular weight excluding hydrogens is 481 g/mol. The number of fused-ring (bicyclic) bond motifs is 1. The van der Waals surface area contributed by atoms with Crippen molar-refractivity contribution in [3.05, 3.63) is 0 Å². The van der Waals surface area contributed by atoms with Gasteiger partial charge >= 0.3 is 0 Å². The molecule has 2 heterocycles. The predicted molar refractivity (Wildman–Crippen MR) is 128 cm³/mol. The van der Waals surface area contributed by atoms with Crippen LogP contribution in [0.1, 0.15) is 60.8 Å². The zero-order valence-corrected chi connectivity index (χ0v) is 23.2. The van der Waals surface area contributed by atoms with Crippen LogP contribution < -0.4 is 0 Å². The Labute approximate surface area is 203 Å². The van der Waals surface area contributed by atoms with Crippen molar-refractivity contribution in [1.82, 2.24) is 0 Å². The van der Waals surface area contributed by atoms with Gasteiger partial charge in [-0.2, -0.15) is 0 Å². The summed E-state index contributed by atoms with van der Waals surface area (Å²) in [6.45, 7) is 17.6. The third-order valence-corrected chi connectivity index (χ3v) is 11.8. The summed E-state index contributed by atoms with van der Waals surface area (Å²) in [5.74, 6) is -1.08. The van der Waals surface area contributed by atoms with Crippen LogP contribution in [0.2, 0.25) is 18.1 Å². The van der Waals surface area contributed by atoms with E-state index in [-0.39, 0.29) is 23.2 Å². The van der Waals surface area contributed by atoms with E-state index in [0.29, 0.717) is 25.9 Å². The number of hydrogen-bond donors (Lipinski definition) is 1. The van der Waals surface area contributed by atoms with E-state index in [4.69, 9.17) is 63.6 Å². The van der Waals surface area contributed by atoms with Gasteiger partial charge in [-0.1, -0.05) is 76.3 Å². The molecule has 2 saturated heterocycles. The average Bonchev–Trinajstić information content (AvgIpc) is 2.99. The molecule has 2 fully saturated rings. The van der Waals surface area contributed by atoms with Gasteiger partial charge in [0.1, 0.15) is 6.10 Å². The third kappa shape index (κ3) is 6.50. The standard InChI is InChI=1S/C21H38Cl3NO5Si/c1-9-20(10-2)29-15-13(3)11-14(12-26-31(7,8)19(4,5)6)27-17(16(15)30-20)28-18(25)21(22,23)24/h13-17,25H,9-12H2,1-8H3/t13-,14-,15+,16+,17?/m0/s1. The van der Waals surface area contributed by atoms with E-state index in [2.05, 4.69) is 40.8 Å². The summed E-state index contributed by atoms with van der Waals surface area (Å²) in [7, 11) is -1.96. The fraction of sp³-hybridized carbons (Fsp3) is 0.952. The predicted octanol–water partition coefficient (Wildman–Crippen LogP) is 6.42. The Kier molecular flexibility index (Phi) is 8.87. The fourth-order valence-corrected chi connectivity index (χ4v) is 4.84. The lowest BCUT2D eigenvalue weighted by Crippen LogP contribution is -2.45. The van der Waals surface area contributed by atoms with Gasteiger partial charge in [0, 0.05) is 0 Å². The smallest absolute Gasteiger partial charge is 0.265 e. The van der Waals surface area contributed by atoms with Crippen LogP contribution in [0.5, 0.6) is 0 Å². The summed E-state index contributed by atoms with van der Waals surface area (Å²) in [4.78, 5) is 0. The van der Waals surface area contributed by atoms with Crippen LogP contribution >= 0.6 is 34.8 Å². The number of halogens is 3. The zero-order chi connectivity index (χ0) is 23.8. The molecule has 0 aromatic rings. The molecule has 6 nitrogen and oxygen atoms in total. The van der Waals surface area contributed by atoms with Crippen LogP contribution in [0, 0.1) is 11.3 Å². The van der Waals surface area contributed by atoms with Crippen molar-refractivity contribution in [3.63, 3.8) is 0 Å². The number of nitrogens with one attached hydrogen (secondary N) is 1. The van der Waals surface area contributed by atoms with Crippen molar-refractivity contribution in [2.45, 2.75) is 113 Å². The Morgan fingerprint density at radius 2 is 1.65 bits per heavy atom. The second-order valence-corrected chi connectivity index (χ2v) is 17.2. The number of alkyl halides is 3. The Balaban J connectivity index is 2.25. The van der Waals surface area contributed by atoms with Crippen molar-refractivity contribution in [2.24, 2.45) is 5.92 Å². The molecule has 0 bridgehead atoms. The van der Waals surface area contributed by atoms with Gasteiger partial charge < -0.3 is 23.4 Å². The molecule has 182 valence electrons. The Morgan fingerprint density at radius 1 is 1.10 bits per heavy atom. The Morgan fingerprint density at radius 3 is 2.13 bits per heavy atom. The summed E-state index contributed by atoms with van der Waals surface area (Å²) in [5.41, 5.74) is 0. The van der Waals surface area contributed by atoms with Crippen molar-refractivity contribution in [2.75, 3.05) is 6.61 Å².